The number of carbonyl (C=O) groups is 7. The molecule has 0 saturated carbocycles. The van der Waals surface area contributed by atoms with E-state index < -0.39 is 239 Å². The molecule has 34 heteroatoms. The highest BCUT2D eigenvalue weighted by Gasteiger charge is 2.55. The van der Waals surface area contributed by atoms with Crippen LogP contribution < -0.4 is 9.47 Å². The number of rotatable bonds is 15. The van der Waals surface area contributed by atoms with Gasteiger partial charge < -0.3 is 135 Å². The fraction of sp³-hybridized carbons (Fsp3) is 0.109. The van der Waals surface area contributed by atoms with Gasteiger partial charge in [0, 0.05) is 0 Å². The van der Waals surface area contributed by atoms with Gasteiger partial charge >= 0.3 is 41.8 Å². The molecular weight excluding hydrogens is 1200 g/mol. The molecule has 0 bridgehead atoms. The summed E-state index contributed by atoms with van der Waals surface area (Å²) in [4.78, 5) is 97.6. The molecule has 1 saturated heterocycles. The minimum Gasteiger partial charge on any atom is -0.504 e. The number of carbonyl (C=O) groups excluding carboxylic acids is 7. The van der Waals surface area contributed by atoms with Crippen LogP contribution in [-0.2, 0) is 28.4 Å². The summed E-state index contributed by atoms with van der Waals surface area (Å²) in [5, 5.41) is 194. The standard InChI is InChI=1S/C55H40O34/c56-23-1-16(2-24(57)38(23)68)48(75)82-15-37-45(86-51(78)19-7-29(62)41(71)30(63)8-19)46(87-52(79)21-11-33(66)43(73)35(13-21)83-49(76)17-3-25(58)39(69)26(59)4-17)47(55(85-37)89-54(81)20-9-31(64)42(72)32(65)10-20)88-53(80)22-12-34(67)44(74)36(14-22)84-50(77)18-5-27(60)40(70)28(61)6-18/h1-14,37,45-47,55-74H,15H2/t37-,45-,46+,47-,55+/m1/s1. The number of hydrogen-bond acceptors (Lipinski definition) is 34. The Balaban J connectivity index is 1.29. The van der Waals surface area contributed by atoms with E-state index in [1.54, 1.807) is 0 Å². The molecule has 34 nitrogen and oxygen atoms in total. The summed E-state index contributed by atoms with van der Waals surface area (Å²) in [5.41, 5.74) is -6.13. The number of benzene rings is 7. The van der Waals surface area contributed by atoms with Crippen molar-refractivity contribution in [3.63, 3.8) is 0 Å². The van der Waals surface area contributed by atoms with E-state index in [4.69, 9.17) is 37.9 Å². The highest BCUT2D eigenvalue weighted by molar-refractivity contribution is 5.97. The average molecular weight is 1240 g/mol. The van der Waals surface area contributed by atoms with Crippen LogP contribution in [0.2, 0.25) is 0 Å². The van der Waals surface area contributed by atoms with Crippen LogP contribution in [0.4, 0.5) is 0 Å². The average Bonchev–Trinajstić information content (AvgIpc) is 1.81. The Morgan fingerprint density at radius 2 is 0.517 bits per heavy atom. The molecule has 1 fully saturated rings. The molecule has 19 N–H and O–H groups in total. The zero-order valence-electron chi connectivity index (χ0n) is 43.8. The van der Waals surface area contributed by atoms with Crippen molar-refractivity contribution in [1.29, 1.82) is 0 Å². The largest absolute Gasteiger partial charge is 0.504 e. The molecular formula is C55H40O34. The smallest absolute Gasteiger partial charge is 0.343 e. The van der Waals surface area contributed by atoms with Crippen molar-refractivity contribution >= 4 is 41.8 Å². The van der Waals surface area contributed by atoms with Gasteiger partial charge in [0.05, 0.1) is 38.9 Å². The zero-order valence-corrected chi connectivity index (χ0v) is 43.8. The molecule has 8 rings (SSSR count). The molecule has 1 heterocycles. The summed E-state index contributed by atoms with van der Waals surface area (Å²) in [5.74, 6) is -36.5. The third-order valence-electron chi connectivity index (χ3n) is 12.4. The quantitative estimate of drug-likeness (QED) is 0.0304. The van der Waals surface area contributed by atoms with Crippen LogP contribution in [0.15, 0.2) is 84.9 Å². The van der Waals surface area contributed by atoms with Gasteiger partial charge in [0.25, 0.3) is 0 Å². The summed E-state index contributed by atoms with van der Waals surface area (Å²) in [6.45, 7) is -1.41. The second-order valence-electron chi connectivity index (χ2n) is 18.4. The summed E-state index contributed by atoms with van der Waals surface area (Å²) in [6, 6.07) is 6.99. The van der Waals surface area contributed by atoms with Gasteiger partial charge in [-0.1, -0.05) is 0 Å². The van der Waals surface area contributed by atoms with Gasteiger partial charge in [-0.25, -0.2) is 33.6 Å². The second-order valence-corrected chi connectivity index (χ2v) is 18.4. The first-order valence-electron chi connectivity index (χ1n) is 24.3. The van der Waals surface area contributed by atoms with Crippen molar-refractivity contribution < 1.29 is 168 Å². The van der Waals surface area contributed by atoms with Gasteiger partial charge in [0.15, 0.2) is 121 Å². The lowest BCUT2D eigenvalue weighted by atomic mass is 9.97. The van der Waals surface area contributed by atoms with E-state index in [0.29, 0.717) is 84.9 Å². The van der Waals surface area contributed by atoms with Crippen LogP contribution in [-0.4, -0.2) is 176 Å². The van der Waals surface area contributed by atoms with Crippen LogP contribution in [0.3, 0.4) is 0 Å². The fourth-order valence-electron chi connectivity index (χ4n) is 8.00. The van der Waals surface area contributed by atoms with Gasteiger partial charge in [0.1, 0.15) is 12.7 Å². The number of phenolic OH excluding ortho intramolecular Hbond substituents is 19. The summed E-state index contributed by atoms with van der Waals surface area (Å²) < 4.78 is 44.0. The van der Waals surface area contributed by atoms with Gasteiger partial charge in [-0.15, -0.1) is 0 Å². The van der Waals surface area contributed by atoms with Crippen LogP contribution >= 0.6 is 0 Å². The van der Waals surface area contributed by atoms with Crippen LogP contribution in [0.1, 0.15) is 72.5 Å². The number of ether oxygens (including phenoxy) is 8. The Hall–Kier alpha value is -13.0. The molecule has 0 unspecified atom stereocenters. The van der Waals surface area contributed by atoms with Crippen LogP contribution in [0, 0.1) is 0 Å². The van der Waals surface area contributed by atoms with Crippen LogP contribution in [0.5, 0.6) is 121 Å². The van der Waals surface area contributed by atoms with E-state index in [2.05, 4.69) is 0 Å². The number of phenols is 19. The molecule has 0 spiro atoms. The number of hydrogen-bond donors (Lipinski definition) is 19. The van der Waals surface area contributed by atoms with Crippen molar-refractivity contribution in [2.24, 2.45) is 0 Å². The summed E-state index contributed by atoms with van der Waals surface area (Å²) in [6.07, 6.45) is -13.4. The van der Waals surface area contributed by atoms with E-state index in [1.807, 2.05) is 0 Å². The Morgan fingerprint density at radius 1 is 0.281 bits per heavy atom. The summed E-state index contributed by atoms with van der Waals surface area (Å²) in [7, 11) is 0. The minimum atomic E-state index is -2.81. The number of aromatic hydroxyl groups is 19. The molecule has 0 aliphatic carbocycles. The lowest BCUT2D eigenvalue weighted by Gasteiger charge is -2.43. The molecule has 7 aromatic carbocycles. The maximum atomic E-state index is 14.7. The Kier molecular flexibility index (Phi) is 16.9. The van der Waals surface area contributed by atoms with Crippen molar-refractivity contribution in [2.45, 2.75) is 30.7 Å². The molecule has 1 aliphatic rings. The van der Waals surface area contributed by atoms with E-state index >= 15 is 0 Å². The predicted octanol–water partition coefficient (Wildman–Crippen LogP) is 2.95. The SMILES string of the molecule is O=C(OC[C@H]1O[C@@H](OC(=O)c2cc(O)c(O)c(O)c2)[C@H](OC(=O)c2cc(O)c(O)c(OC(=O)c3cc(O)c(O)c(O)c3)c2)[C@@H](OC(=O)c2cc(O)c(O)c(OC(=O)c3cc(O)c(O)c(O)c3)c2)[C@@H]1OC(=O)c1cc(O)c(O)c(O)c1)c1cc(O)c(O)c(O)c1. The third kappa shape index (κ3) is 12.9. The lowest BCUT2D eigenvalue weighted by molar-refractivity contribution is -0.282. The summed E-state index contributed by atoms with van der Waals surface area (Å²) >= 11 is 0. The first kappa shape index (κ1) is 62.0. The monoisotopic (exact) mass is 1240 g/mol. The maximum Gasteiger partial charge on any atom is 0.343 e. The minimum absolute atomic E-state index is 0.405. The first-order chi connectivity index (χ1) is 41.8. The first-order valence-corrected chi connectivity index (χ1v) is 24.3. The van der Waals surface area contributed by atoms with Crippen molar-refractivity contribution in [3.8, 4) is 121 Å². The van der Waals surface area contributed by atoms with E-state index in [1.165, 1.54) is 0 Å². The molecule has 0 radical (unpaired) electrons. The molecule has 7 aromatic rings. The van der Waals surface area contributed by atoms with Gasteiger partial charge in [-0.05, 0) is 84.9 Å². The van der Waals surface area contributed by atoms with Crippen molar-refractivity contribution in [2.75, 3.05) is 6.61 Å². The fourth-order valence-corrected chi connectivity index (χ4v) is 8.00. The van der Waals surface area contributed by atoms with Crippen molar-refractivity contribution in [3.05, 3.63) is 124 Å². The molecule has 464 valence electrons. The Labute approximate surface area is 491 Å². The second kappa shape index (κ2) is 24.3. The molecule has 89 heavy (non-hydrogen) atoms. The van der Waals surface area contributed by atoms with E-state index in [-0.39, 0.29) is 0 Å². The Morgan fingerprint density at radius 3 is 0.831 bits per heavy atom. The highest BCUT2D eigenvalue weighted by Crippen LogP contribution is 2.44. The molecule has 0 amide bonds. The molecule has 1 aliphatic heterocycles. The zero-order chi connectivity index (χ0) is 65.4. The third-order valence-corrected chi connectivity index (χ3v) is 12.4. The Bertz CT molecular complexity index is 3980. The topological polar surface area (TPSA) is 578 Å². The van der Waals surface area contributed by atoms with Crippen LogP contribution in [0.25, 0.3) is 0 Å². The molecule has 0 aromatic heterocycles. The normalized spacial score (nSPS) is 16.0. The van der Waals surface area contributed by atoms with Gasteiger partial charge in [-0.3, -0.25) is 0 Å². The van der Waals surface area contributed by atoms with Crippen molar-refractivity contribution in [1.82, 2.24) is 0 Å². The molecule has 5 atom stereocenters. The highest BCUT2D eigenvalue weighted by atomic mass is 16.7. The van der Waals surface area contributed by atoms with E-state index in [0.717, 1.165) is 0 Å². The van der Waals surface area contributed by atoms with Gasteiger partial charge in [0.2, 0.25) is 23.9 Å². The van der Waals surface area contributed by atoms with E-state index in [9.17, 15) is 131 Å². The maximum absolute atomic E-state index is 14.7. The number of esters is 7. The lowest BCUT2D eigenvalue weighted by Crippen LogP contribution is -2.63. The van der Waals surface area contributed by atoms with Gasteiger partial charge in [-0.2, -0.15) is 0 Å². The predicted molar refractivity (Wildman–Crippen MR) is 279 cm³/mol.